The second-order valence-electron chi connectivity index (χ2n) is 14.8. The number of hydrogen-bond donors (Lipinski definition) is 5. The first-order valence-electron chi connectivity index (χ1n) is 17.9. The molecule has 0 heterocycles. The van der Waals surface area contributed by atoms with E-state index in [9.17, 15) is 43.5 Å². The van der Waals surface area contributed by atoms with Gasteiger partial charge in [0.05, 0.1) is 20.0 Å². The zero-order valence-electron chi connectivity index (χ0n) is 33.1. The van der Waals surface area contributed by atoms with E-state index in [0.29, 0.717) is 11.1 Å². The molecule has 4 atom stereocenters. The van der Waals surface area contributed by atoms with E-state index in [1.54, 1.807) is 102 Å². The molecule has 2 aromatic carbocycles. The van der Waals surface area contributed by atoms with Crippen LogP contribution in [0, 0.1) is 10.8 Å². The second-order valence-corrected chi connectivity index (χ2v) is 17.4. The Morgan fingerprint density at radius 1 is 0.579 bits per heavy atom. The fourth-order valence-electron chi connectivity index (χ4n) is 4.36. The van der Waals surface area contributed by atoms with Crippen molar-refractivity contribution in [2.75, 3.05) is 18.6 Å². The molecule has 0 spiro atoms. The fraction of sp³-hybridized carbons (Fsp3) is 0.487. The first kappa shape index (κ1) is 48.0. The van der Waals surface area contributed by atoms with Crippen molar-refractivity contribution in [3.8, 4) is 0 Å². The van der Waals surface area contributed by atoms with E-state index in [0.717, 1.165) is 28.7 Å². The standard InChI is InChI=1S/C39H52N4O12S2/c1-38(2,3)36(51)42-28(32(47)40-26(18-30(44)45)34(49)54-20-24-14-10-8-11-15-24)22-56-57-23-29(43-37(52)39(4,5)6)33(48)41-27(19-31(46)53-7)35(50)55-21-25-16-12-9-13-17-25/h8-17,26-29H,18-23H2,1-7H3,(H,40,47)(H,41,48)(H,42,51)(H,43,52)(H,44,45). The first-order valence-corrected chi connectivity index (χ1v) is 20.4. The first-order chi connectivity index (χ1) is 26.7. The van der Waals surface area contributed by atoms with Gasteiger partial charge in [-0.05, 0) is 11.1 Å². The van der Waals surface area contributed by atoms with E-state index in [4.69, 9.17) is 14.2 Å². The molecule has 0 bridgehead atoms. The van der Waals surface area contributed by atoms with Gasteiger partial charge in [-0.3, -0.25) is 28.8 Å². The van der Waals surface area contributed by atoms with E-state index < -0.39 is 95.3 Å². The molecule has 0 saturated carbocycles. The van der Waals surface area contributed by atoms with Gasteiger partial charge in [-0.15, -0.1) is 0 Å². The summed E-state index contributed by atoms with van der Waals surface area (Å²) < 4.78 is 15.3. The Morgan fingerprint density at radius 2 is 0.947 bits per heavy atom. The summed E-state index contributed by atoms with van der Waals surface area (Å²) in [6, 6.07) is 11.8. The minimum Gasteiger partial charge on any atom is -0.481 e. The Labute approximate surface area is 340 Å². The van der Waals surface area contributed by atoms with Gasteiger partial charge >= 0.3 is 23.9 Å². The third kappa shape index (κ3) is 18.1. The van der Waals surface area contributed by atoms with Crippen molar-refractivity contribution in [3.63, 3.8) is 0 Å². The molecule has 312 valence electrons. The van der Waals surface area contributed by atoms with Crippen LogP contribution in [0.4, 0.5) is 0 Å². The van der Waals surface area contributed by atoms with Crippen LogP contribution in [-0.4, -0.2) is 95.4 Å². The van der Waals surface area contributed by atoms with E-state index in [2.05, 4.69) is 21.3 Å². The van der Waals surface area contributed by atoms with Crippen molar-refractivity contribution in [3.05, 3.63) is 71.8 Å². The SMILES string of the molecule is COC(=O)CC(NC(=O)C(CSSCC(NC(=O)C(C)(C)C)C(=O)NC(CC(=O)O)C(=O)OCc1ccccc1)NC(=O)C(C)(C)C)C(=O)OCc1ccccc1. The number of hydrogen-bond acceptors (Lipinski definition) is 13. The van der Waals surface area contributed by atoms with E-state index in [1.165, 1.54) is 0 Å². The number of carboxylic acids is 1. The molecule has 18 heteroatoms. The summed E-state index contributed by atoms with van der Waals surface area (Å²) in [6.07, 6.45) is -1.34. The zero-order valence-corrected chi connectivity index (χ0v) is 34.7. The van der Waals surface area contributed by atoms with Crippen molar-refractivity contribution < 1.29 is 57.7 Å². The maximum absolute atomic E-state index is 13.7. The van der Waals surface area contributed by atoms with Crippen molar-refractivity contribution in [1.29, 1.82) is 0 Å². The zero-order chi connectivity index (χ0) is 42.8. The molecule has 0 saturated heterocycles. The molecular formula is C39H52N4O12S2. The van der Waals surface area contributed by atoms with E-state index in [-0.39, 0.29) is 24.7 Å². The quantitative estimate of drug-likeness (QED) is 0.0527. The van der Waals surface area contributed by atoms with Gasteiger partial charge in [0.25, 0.3) is 0 Å². The topological polar surface area (TPSA) is 233 Å². The Bertz CT molecular complexity index is 1700. The lowest BCUT2D eigenvalue weighted by Gasteiger charge is -2.26. The lowest BCUT2D eigenvalue weighted by atomic mass is 9.95. The molecule has 2 aromatic rings. The minimum absolute atomic E-state index is 0.114. The van der Waals surface area contributed by atoms with Crippen molar-refractivity contribution in [1.82, 2.24) is 21.3 Å². The molecular weight excluding hydrogens is 781 g/mol. The number of carboxylic acid groups (broad SMARTS) is 1. The van der Waals surface area contributed by atoms with Crippen LogP contribution < -0.4 is 21.3 Å². The lowest BCUT2D eigenvalue weighted by Crippen LogP contribution is -2.55. The average Bonchev–Trinajstić information content (AvgIpc) is 3.15. The van der Waals surface area contributed by atoms with Crippen LogP contribution >= 0.6 is 21.6 Å². The molecule has 4 amide bonds. The van der Waals surface area contributed by atoms with Gasteiger partial charge in [-0.1, -0.05) is 124 Å². The normalized spacial score (nSPS) is 13.4. The predicted molar refractivity (Wildman–Crippen MR) is 213 cm³/mol. The summed E-state index contributed by atoms with van der Waals surface area (Å²) >= 11 is 0. The highest BCUT2D eigenvalue weighted by Gasteiger charge is 2.34. The van der Waals surface area contributed by atoms with Gasteiger partial charge in [0.2, 0.25) is 23.6 Å². The smallest absolute Gasteiger partial charge is 0.329 e. The monoisotopic (exact) mass is 832 g/mol. The van der Waals surface area contributed by atoms with Crippen molar-refractivity contribution >= 4 is 69.1 Å². The molecule has 0 aromatic heterocycles. The number of esters is 3. The number of carbonyl (C=O) groups is 8. The molecule has 0 fully saturated rings. The molecule has 0 aliphatic rings. The number of amides is 4. The maximum atomic E-state index is 13.7. The van der Waals surface area contributed by atoms with Gasteiger partial charge < -0.3 is 40.6 Å². The number of carbonyl (C=O) groups excluding carboxylic acids is 7. The van der Waals surface area contributed by atoms with Crippen LogP contribution in [0.5, 0.6) is 0 Å². The van der Waals surface area contributed by atoms with Gasteiger partial charge in [-0.2, -0.15) is 0 Å². The molecule has 0 aliphatic heterocycles. The lowest BCUT2D eigenvalue weighted by molar-refractivity contribution is -0.153. The summed E-state index contributed by atoms with van der Waals surface area (Å²) in [6.45, 7) is 9.48. The van der Waals surface area contributed by atoms with Gasteiger partial charge in [-0.25, -0.2) is 9.59 Å². The number of rotatable bonds is 21. The summed E-state index contributed by atoms with van der Waals surface area (Å²) in [5.74, 6) is -7.00. The molecule has 4 unspecified atom stereocenters. The molecule has 2 rings (SSSR count). The number of ether oxygens (including phenoxy) is 3. The minimum atomic E-state index is -1.58. The van der Waals surface area contributed by atoms with Crippen molar-refractivity contribution in [2.24, 2.45) is 10.8 Å². The summed E-state index contributed by atoms with van der Waals surface area (Å²) in [5, 5.41) is 19.6. The Kier molecular flexibility index (Phi) is 19.6. The maximum Gasteiger partial charge on any atom is 0.329 e. The largest absolute Gasteiger partial charge is 0.481 e. The third-order valence-corrected chi connectivity index (χ3v) is 10.2. The van der Waals surface area contributed by atoms with Gasteiger partial charge in [0.1, 0.15) is 37.4 Å². The molecule has 5 N–H and O–H groups in total. The highest BCUT2D eigenvalue weighted by molar-refractivity contribution is 8.76. The van der Waals surface area contributed by atoms with Crippen LogP contribution in [-0.2, 0) is 65.8 Å². The predicted octanol–water partition coefficient (Wildman–Crippen LogP) is 2.92. The van der Waals surface area contributed by atoms with Crippen LogP contribution in [0.1, 0.15) is 65.5 Å². The summed E-state index contributed by atoms with van der Waals surface area (Å²) in [5.41, 5.74) is -0.549. The fourth-order valence-corrected chi connectivity index (χ4v) is 6.69. The van der Waals surface area contributed by atoms with Gasteiger partial charge in [0, 0.05) is 22.3 Å². The van der Waals surface area contributed by atoms with E-state index in [1.807, 2.05) is 0 Å². The van der Waals surface area contributed by atoms with Crippen LogP contribution in [0.25, 0.3) is 0 Å². The number of methoxy groups -OCH3 is 1. The van der Waals surface area contributed by atoms with Crippen LogP contribution in [0.3, 0.4) is 0 Å². The molecule has 0 aliphatic carbocycles. The Morgan fingerprint density at radius 3 is 1.28 bits per heavy atom. The highest BCUT2D eigenvalue weighted by atomic mass is 33.1. The highest BCUT2D eigenvalue weighted by Crippen LogP contribution is 2.25. The molecule has 16 nitrogen and oxygen atoms in total. The number of aliphatic carboxylic acids is 1. The number of nitrogens with one attached hydrogen (secondary N) is 4. The summed E-state index contributed by atoms with van der Waals surface area (Å²) in [7, 11) is 3.20. The number of benzene rings is 2. The molecule has 0 radical (unpaired) electrons. The average molecular weight is 833 g/mol. The van der Waals surface area contributed by atoms with Gasteiger partial charge in [0.15, 0.2) is 0 Å². The Hall–Kier alpha value is -5.10. The summed E-state index contributed by atoms with van der Waals surface area (Å²) in [4.78, 5) is 103. The van der Waals surface area contributed by atoms with Crippen molar-refractivity contribution in [2.45, 2.75) is 91.8 Å². The van der Waals surface area contributed by atoms with E-state index >= 15 is 0 Å². The van der Waals surface area contributed by atoms with Crippen LogP contribution in [0.2, 0.25) is 0 Å². The third-order valence-electron chi connectivity index (χ3n) is 7.79. The molecule has 57 heavy (non-hydrogen) atoms. The Balaban J connectivity index is 2.22. The van der Waals surface area contributed by atoms with Crippen LogP contribution in [0.15, 0.2) is 60.7 Å². The second kappa shape index (κ2) is 23.2.